The topological polar surface area (TPSA) is 22.1 Å². The zero-order valence-corrected chi connectivity index (χ0v) is 20.0. The first-order valence-corrected chi connectivity index (χ1v) is 13.0. The lowest BCUT2D eigenvalue weighted by atomic mass is 9.78. The standard InChI is InChI=1S/C29H43NO/c1-3-5-6-7-8-9-10-24-11-13-25(14-12-24)15-16-26-17-22-29(30-23-26)27-18-20-28(21-19-27)31-4-2/h17-25H,3-16H2,1-2H3/t24-,25-. The first kappa shape index (κ1) is 23.8. The molecule has 1 saturated carbocycles. The van der Waals surface area contributed by atoms with Crippen molar-refractivity contribution in [2.45, 2.75) is 97.3 Å². The first-order valence-electron chi connectivity index (χ1n) is 13.0. The van der Waals surface area contributed by atoms with Gasteiger partial charge in [-0.2, -0.15) is 0 Å². The number of pyridine rings is 1. The van der Waals surface area contributed by atoms with Gasteiger partial charge < -0.3 is 4.74 Å². The molecule has 31 heavy (non-hydrogen) atoms. The van der Waals surface area contributed by atoms with Gasteiger partial charge in [-0.15, -0.1) is 0 Å². The molecule has 1 aliphatic rings. The van der Waals surface area contributed by atoms with Gasteiger partial charge in [-0.05, 0) is 67.5 Å². The Morgan fingerprint density at radius 2 is 1.45 bits per heavy atom. The van der Waals surface area contributed by atoms with Crippen LogP contribution in [-0.2, 0) is 6.42 Å². The van der Waals surface area contributed by atoms with E-state index >= 15 is 0 Å². The lowest BCUT2D eigenvalue weighted by Gasteiger charge is -2.28. The highest BCUT2D eigenvalue weighted by molar-refractivity contribution is 5.60. The van der Waals surface area contributed by atoms with E-state index in [4.69, 9.17) is 9.72 Å². The van der Waals surface area contributed by atoms with Crippen molar-refractivity contribution in [3.8, 4) is 17.0 Å². The molecule has 1 aromatic heterocycles. The van der Waals surface area contributed by atoms with Crippen molar-refractivity contribution in [3.05, 3.63) is 48.2 Å². The minimum absolute atomic E-state index is 0.701. The third-order valence-electron chi connectivity index (χ3n) is 7.06. The summed E-state index contributed by atoms with van der Waals surface area (Å²) in [6.07, 6.45) is 20.5. The Morgan fingerprint density at radius 3 is 2.10 bits per heavy atom. The molecule has 1 fully saturated rings. The van der Waals surface area contributed by atoms with Crippen LogP contribution in [0, 0.1) is 11.8 Å². The summed E-state index contributed by atoms with van der Waals surface area (Å²) in [5, 5.41) is 0. The molecule has 2 aromatic rings. The maximum atomic E-state index is 5.53. The number of hydrogen-bond donors (Lipinski definition) is 0. The molecule has 2 nitrogen and oxygen atoms in total. The van der Waals surface area contributed by atoms with E-state index in [9.17, 15) is 0 Å². The highest BCUT2D eigenvalue weighted by Crippen LogP contribution is 2.34. The van der Waals surface area contributed by atoms with Gasteiger partial charge in [0.05, 0.1) is 12.3 Å². The number of nitrogens with zero attached hydrogens (tertiary/aromatic N) is 1. The molecule has 2 heteroatoms. The van der Waals surface area contributed by atoms with Crippen LogP contribution in [0.1, 0.15) is 96.5 Å². The molecule has 0 radical (unpaired) electrons. The fourth-order valence-corrected chi connectivity index (χ4v) is 5.02. The minimum Gasteiger partial charge on any atom is -0.494 e. The zero-order valence-electron chi connectivity index (χ0n) is 20.0. The molecule has 0 N–H and O–H groups in total. The molecular weight excluding hydrogens is 378 g/mol. The first-order chi connectivity index (χ1) is 15.3. The van der Waals surface area contributed by atoms with Gasteiger partial charge >= 0.3 is 0 Å². The lowest BCUT2D eigenvalue weighted by molar-refractivity contribution is 0.248. The molecule has 170 valence electrons. The van der Waals surface area contributed by atoms with Crippen molar-refractivity contribution < 1.29 is 4.74 Å². The number of benzene rings is 1. The van der Waals surface area contributed by atoms with Gasteiger partial charge in [0.15, 0.2) is 0 Å². The molecule has 0 aliphatic heterocycles. The van der Waals surface area contributed by atoms with Gasteiger partial charge in [0.2, 0.25) is 0 Å². The van der Waals surface area contributed by atoms with Crippen LogP contribution in [0.3, 0.4) is 0 Å². The average molecular weight is 422 g/mol. The van der Waals surface area contributed by atoms with Crippen LogP contribution in [0.15, 0.2) is 42.6 Å². The molecule has 1 aromatic carbocycles. The molecule has 3 rings (SSSR count). The Bertz CT molecular complexity index is 713. The molecular formula is C29H43NO. The Kier molecular flexibility index (Phi) is 10.4. The van der Waals surface area contributed by atoms with Gasteiger partial charge in [0.25, 0.3) is 0 Å². The Labute approximate surface area is 190 Å². The molecule has 0 bridgehead atoms. The van der Waals surface area contributed by atoms with E-state index in [-0.39, 0.29) is 0 Å². The summed E-state index contributed by atoms with van der Waals surface area (Å²) in [6, 6.07) is 12.7. The smallest absolute Gasteiger partial charge is 0.119 e. The van der Waals surface area contributed by atoms with Gasteiger partial charge in [0, 0.05) is 11.8 Å². The van der Waals surface area contributed by atoms with Gasteiger partial charge in [-0.25, -0.2) is 0 Å². The van der Waals surface area contributed by atoms with Crippen LogP contribution in [0.5, 0.6) is 5.75 Å². The van der Waals surface area contributed by atoms with E-state index in [2.05, 4.69) is 37.4 Å². The van der Waals surface area contributed by atoms with Crippen molar-refractivity contribution >= 4 is 0 Å². The van der Waals surface area contributed by atoms with Crippen molar-refractivity contribution in [3.63, 3.8) is 0 Å². The SMILES string of the molecule is CCCCCCCC[C@H]1CC[C@H](CCc2ccc(-c3ccc(OCC)cc3)nc2)CC1. The maximum absolute atomic E-state index is 5.53. The summed E-state index contributed by atoms with van der Waals surface area (Å²) in [5.41, 5.74) is 3.57. The number of aromatic nitrogens is 1. The van der Waals surface area contributed by atoms with Crippen LogP contribution < -0.4 is 4.74 Å². The second-order valence-corrected chi connectivity index (χ2v) is 9.49. The van der Waals surface area contributed by atoms with Crippen LogP contribution in [0.4, 0.5) is 0 Å². The molecule has 0 amide bonds. The molecule has 0 spiro atoms. The summed E-state index contributed by atoms with van der Waals surface area (Å²) < 4.78 is 5.53. The van der Waals surface area contributed by atoms with E-state index < -0.39 is 0 Å². The Morgan fingerprint density at radius 1 is 0.774 bits per heavy atom. The molecule has 0 saturated heterocycles. The van der Waals surface area contributed by atoms with Gasteiger partial charge in [0.1, 0.15) is 5.75 Å². The number of ether oxygens (including phenoxy) is 1. The van der Waals surface area contributed by atoms with Crippen molar-refractivity contribution in [1.29, 1.82) is 0 Å². The summed E-state index contributed by atoms with van der Waals surface area (Å²) >= 11 is 0. The zero-order chi connectivity index (χ0) is 21.7. The fraction of sp³-hybridized carbons (Fsp3) is 0.621. The van der Waals surface area contributed by atoms with E-state index in [0.717, 1.165) is 28.8 Å². The van der Waals surface area contributed by atoms with Crippen LogP contribution >= 0.6 is 0 Å². The predicted molar refractivity (Wildman–Crippen MR) is 133 cm³/mol. The van der Waals surface area contributed by atoms with Crippen LogP contribution in [0.2, 0.25) is 0 Å². The van der Waals surface area contributed by atoms with Gasteiger partial charge in [-0.1, -0.05) is 83.6 Å². The van der Waals surface area contributed by atoms with Crippen molar-refractivity contribution in [2.24, 2.45) is 11.8 Å². The fourth-order valence-electron chi connectivity index (χ4n) is 5.02. The molecule has 1 aliphatic carbocycles. The number of hydrogen-bond acceptors (Lipinski definition) is 2. The van der Waals surface area contributed by atoms with Crippen molar-refractivity contribution in [2.75, 3.05) is 6.61 Å². The monoisotopic (exact) mass is 421 g/mol. The van der Waals surface area contributed by atoms with Gasteiger partial charge in [-0.3, -0.25) is 4.98 Å². The number of aryl methyl sites for hydroxylation is 1. The number of unbranched alkanes of at least 4 members (excludes halogenated alkanes) is 5. The molecule has 0 unspecified atom stereocenters. The summed E-state index contributed by atoms with van der Waals surface area (Å²) in [7, 11) is 0. The second-order valence-electron chi connectivity index (χ2n) is 9.49. The maximum Gasteiger partial charge on any atom is 0.119 e. The molecule has 0 atom stereocenters. The van der Waals surface area contributed by atoms with E-state index in [1.807, 2.05) is 19.1 Å². The summed E-state index contributed by atoms with van der Waals surface area (Å²) in [4.78, 5) is 4.72. The van der Waals surface area contributed by atoms with Crippen LogP contribution in [0.25, 0.3) is 11.3 Å². The lowest BCUT2D eigenvalue weighted by Crippen LogP contribution is -2.15. The summed E-state index contributed by atoms with van der Waals surface area (Å²) in [6.45, 7) is 5.01. The Balaban J connectivity index is 1.33. The van der Waals surface area contributed by atoms with Crippen molar-refractivity contribution in [1.82, 2.24) is 4.98 Å². The quantitative estimate of drug-likeness (QED) is 0.302. The highest BCUT2D eigenvalue weighted by Gasteiger charge is 2.20. The van der Waals surface area contributed by atoms with E-state index in [0.29, 0.717) is 6.61 Å². The largest absolute Gasteiger partial charge is 0.494 e. The number of rotatable bonds is 13. The third-order valence-corrected chi connectivity index (χ3v) is 7.06. The van der Waals surface area contributed by atoms with E-state index in [1.54, 1.807) is 0 Å². The average Bonchev–Trinajstić information content (AvgIpc) is 2.82. The summed E-state index contributed by atoms with van der Waals surface area (Å²) in [5.74, 6) is 2.86. The second kappa shape index (κ2) is 13.6. The minimum atomic E-state index is 0.701. The third kappa shape index (κ3) is 8.31. The van der Waals surface area contributed by atoms with Crippen LogP contribution in [-0.4, -0.2) is 11.6 Å². The van der Waals surface area contributed by atoms with E-state index in [1.165, 1.54) is 89.0 Å². The molecule has 1 heterocycles. The highest BCUT2D eigenvalue weighted by atomic mass is 16.5. The predicted octanol–water partition coefficient (Wildman–Crippen LogP) is 8.64. The normalized spacial score (nSPS) is 18.8. The Hall–Kier alpha value is -1.83.